The van der Waals surface area contributed by atoms with E-state index in [0.29, 0.717) is 24.9 Å². The maximum absolute atomic E-state index is 12.6. The van der Waals surface area contributed by atoms with Gasteiger partial charge in [0, 0.05) is 17.6 Å². The molecule has 0 aliphatic heterocycles. The molecule has 1 amide bonds. The summed E-state index contributed by atoms with van der Waals surface area (Å²) in [5.74, 6) is -0.223. The van der Waals surface area contributed by atoms with Crippen molar-refractivity contribution in [2.45, 2.75) is 45.1 Å². The van der Waals surface area contributed by atoms with Crippen molar-refractivity contribution in [1.29, 1.82) is 0 Å². The Morgan fingerprint density at radius 1 is 1.07 bits per heavy atom. The monoisotopic (exact) mass is 407 g/mol. The summed E-state index contributed by atoms with van der Waals surface area (Å²) in [5.41, 5.74) is 9.61. The van der Waals surface area contributed by atoms with Crippen LogP contribution in [0.25, 0.3) is 10.9 Å². The number of nitrogens with two attached hydrogens (primary N) is 1. The van der Waals surface area contributed by atoms with Crippen LogP contribution in [0.2, 0.25) is 0 Å². The van der Waals surface area contributed by atoms with Crippen LogP contribution in [0.4, 0.5) is 4.79 Å². The third-order valence-corrected chi connectivity index (χ3v) is 5.36. The summed E-state index contributed by atoms with van der Waals surface area (Å²) in [6.07, 6.45) is 2.48. The Labute approximate surface area is 176 Å². The Kier molecular flexibility index (Phi) is 7.25. The summed E-state index contributed by atoms with van der Waals surface area (Å²) in [6.45, 7) is 2.58. The van der Waals surface area contributed by atoms with Crippen LogP contribution in [0.3, 0.4) is 0 Å². The zero-order valence-electron chi connectivity index (χ0n) is 17.3. The molecule has 6 nitrogen and oxygen atoms in total. The van der Waals surface area contributed by atoms with Gasteiger partial charge < -0.3 is 16.2 Å². The van der Waals surface area contributed by atoms with Gasteiger partial charge in [0.25, 0.3) is 0 Å². The van der Waals surface area contributed by atoms with Gasteiger partial charge in [-0.3, -0.25) is 4.79 Å². The van der Waals surface area contributed by atoms with Crippen molar-refractivity contribution in [3.05, 3.63) is 71.4 Å². The van der Waals surface area contributed by atoms with E-state index in [4.69, 9.17) is 5.73 Å². The number of nitrogens with one attached hydrogen (secondary N) is 1. The predicted octanol–water partition coefficient (Wildman–Crippen LogP) is 3.74. The Hall–Kier alpha value is -3.12. The van der Waals surface area contributed by atoms with Crippen LogP contribution < -0.4 is 11.1 Å². The molecule has 0 unspecified atom stereocenters. The van der Waals surface area contributed by atoms with Crippen LogP contribution in [0, 0.1) is 0 Å². The Morgan fingerprint density at radius 3 is 2.47 bits per heavy atom. The maximum Gasteiger partial charge on any atom is 0.416 e. The first-order chi connectivity index (χ1) is 14.5. The zero-order chi connectivity index (χ0) is 21.5. The second-order valence-corrected chi connectivity index (χ2v) is 7.50. The fraction of sp³-hybridized carbons (Fsp3) is 0.333. The molecule has 0 spiro atoms. The number of benzene rings is 2. The zero-order valence-corrected chi connectivity index (χ0v) is 17.3. The number of amides is 1. The molecule has 30 heavy (non-hydrogen) atoms. The summed E-state index contributed by atoms with van der Waals surface area (Å²) < 4.78 is 1.35. The van der Waals surface area contributed by atoms with Crippen LogP contribution in [0.15, 0.2) is 54.6 Å². The molecule has 3 aromatic rings. The van der Waals surface area contributed by atoms with Crippen LogP contribution in [0.1, 0.15) is 36.6 Å². The number of carboxylic acid groups (broad SMARTS) is 1. The fourth-order valence-corrected chi connectivity index (χ4v) is 3.83. The van der Waals surface area contributed by atoms with Gasteiger partial charge in [0.2, 0.25) is 5.91 Å². The number of carbonyl (C=O) groups excluding carboxylic acids is 1. The summed E-state index contributed by atoms with van der Waals surface area (Å²) in [4.78, 5) is 24.5. The van der Waals surface area contributed by atoms with Crippen LogP contribution in [0.5, 0.6) is 0 Å². The quantitative estimate of drug-likeness (QED) is 0.503. The molecule has 0 aliphatic carbocycles. The molecule has 0 radical (unpaired) electrons. The second kappa shape index (κ2) is 10.1. The largest absolute Gasteiger partial charge is 0.464 e. The Balaban J connectivity index is 1.78. The SMILES string of the molecule is CCCCc1c(C[C@@H](N)C(=O)NCCc2ccccc2)c2ccccc2n1C(=O)O. The summed E-state index contributed by atoms with van der Waals surface area (Å²) >= 11 is 0. The molecule has 6 heteroatoms. The number of unbranched alkanes of at least 4 members (excludes halogenated alkanes) is 1. The third-order valence-electron chi connectivity index (χ3n) is 5.36. The van der Waals surface area contributed by atoms with Crippen molar-refractivity contribution in [2.75, 3.05) is 6.54 Å². The van der Waals surface area contributed by atoms with E-state index in [1.54, 1.807) is 6.07 Å². The predicted molar refractivity (Wildman–Crippen MR) is 119 cm³/mol. The molecule has 4 N–H and O–H groups in total. The molecule has 1 atom stereocenters. The molecule has 2 aromatic carbocycles. The highest BCUT2D eigenvalue weighted by atomic mass is 16.4. The summed E-state index contributed by atoms with van der Waals surface area (Å²) in [6, 6.07) is 16.6. The van der Waals surface area contributed by atoms with Crippen molar-refractivity contribution in [3.63, 3.8) is 0 Å². The number of hydrogen-bond donors (Lipinski definition) is 3. The average Bonchev–Trinajstić information content (AvgIpc) is 3.06. The molecule has 1 heterocycles. The Bertz CT molecular complexity index is 1010. The van der Waals surface area contributed by atoms with E-state index >= 15 is 0 Å². The maximum atomic E-state index is 12.6. The van der Waals surface area contributed by atoms with E-state index in [9.17, 15) is 14.7 Å². The highest BCUT2D eigenvalue weighted by Gasteiger charge is 2.24. The molecule has 0 saturated carbocycles. The first-order valence-corrected chi connectivity index (χ1v) is 10.4. The van der Waals surface area contributed by atoms with E-state index in [1.165, 1.54) is 4.57 Å². The first-order valence-electron chi connectivity index (χ1n) is 10.4. The number of carbonyl (C=O) groups is 2. The minimum absolute atomic E-state index is 0.223. The smallest absolute Gasteiger partial charge is 0.416 e. The molecular formula is C24H29N3O3. The molecule has 0 saturated heterocycles. The van der Waals surface area contributed by atoms with Gasteiger partial charge in [-0.15, -0.1) is 0 Å². The lowest BCUT2D eigenvalue weighted by Crippen LogP contribution is -2.42. The van der Waals surface area contributed by atoms with Gasteiger partial charge in [-0.2, -0.15) is 0 Å². The lowest BCUT2D eigenvalue weighted by molar-refractivity contribution is -0.122. The standard InChI is InChI=1S/C24H29N3O3/c1-2-3-12-22-19(18-11-7-8-13-21(18)27(22)24(29)30)16-20(25)23(28)26-15-14-17-9-5-4-6-10-17/h4-11,13,20H,2-3,12,14-16,25H2,1H3,(H,26,28)(H,29,30)/t20-/m1/s1. The van der Waals surface area contributed by atoms with Crippen LogP contribution in [-0.2, 0) is 24.1 Å². The first kappa shape index (κ1) is 21.6. The fourth-order valence-electron chi connectivity index (χ4n) is 3.83. The van der Waals surface area contributed by atoms with Gasteiger partial charge in [-0.25, -0.2) is 9.36 Å². The van der Waals surface area contributed by atoms with Gasteiger partial charge in [0.05, 0.1) is 11.6 Å². The van der Waals surface area contributed by atoms with E-state index in [-0.39, 0.29) is 5.91 Å². The topological polar surface area (TPSA) is 97.4 Å². The van der Waals surface area contributed by atoms with Gasteiger partial charge >= 0.3 is 6.09 Å². The van der Waals surface area contributed by atoms with E-state index in [1.807, 2.05) is 48.5 Å². The van der Waals surface area contributed by atoms with Crippen molar-refractivity contribution in [1.82, 2.24) is 9.88 Å². The molecule has 0 aliphatic rings. The number of para-hydroxylation sites is 1. The highest BCUT2D eigenvalue weighted by molar-refractivity contribution is 5.94. The minimum atomic E-state index is -1.01. The molecule has 0 fully saturated rings. The lowest BCUT2D eigenvalue weighted by Gasteiger charge is -2.14. The average molecular weight is 408 g/mol. The highest BCUT2D eigenvalue weighted by Crippen LogP contribution is 2.28. The summed E-state index contributed by atoms with van der Waals surface area (Å²) in [7, 11) is 0. The molecule has 0 bridgehead atoms. The number of rotatable bonds is 9. The van der Waals surface area contributed by atoms with Crippen LogP contribution in [-0.4, -0.2) is 34.3 Å². The summed E-state index contributed by atoms with van der Waals surface area (Å²) in [5, 5.41) is 13.5. The van der Waals surface area contributed by atoms with Gasteiger partial charge in [-0.05, 0) is 42.9 Å². The number of fused-ring (bicyclic) bond motifs is 1. The van der Waals surface area contributed by atoms with E-state index in [2.05, 4.69) is 12.2 Å². The lowest BCUT2D eigenvalue weighted by atomic mass is 10.00. The second-order valence-electron chi connectivity index (χ2n) is 7.50. The van der Waals surface area contributed by atoms with Gasteiger partial charge in [0.1, 0.15) is 0 Å². The van der Waals surface area contributed by atoms with Crippen molar-refractivity contribution in [3.8, 4) is 0 Å². The van der Waals surface area contributed by atoms with Crippen molar-refractivity contribution >= 4 is 22.9 Å². The molecule has 1 aromatic heterocycles. The molecular weight excluding hydrogens is 378 g/mol. The third kappa shape index (κ3) is 4.89. The van der Waals surface area contributed by atoms with Gasteiger partial charge in [0.15, 0.2) is 0 Å². The normalized spacial score (nSPS) is 12.1. The molecule has 158 valence electrons. The van der Waals surface area contributed by atoms with Crippen molar-refractivity contribution in [2.24, 2.45) is 5.73 Å². The van der Waals surface area contributed by atoms with Crippen molar-refractivity contribution < 1.29 is 14.7 Å². The number of nitrogens with zero attached hydrogens (tertiary/aromatic N) is 1. The number of hydrogen-bond acceptors (Lipinski definition) is 3. The Morgan fingerprint density at radius 2 is 1.77 bits per heavy atom. The van der Waals surface area contributed by atoms with E-state index in [0.717, 1.165) is 41.5 Å². The van der Waals surface area contributed by atoms with Gasteiger partial charge in [-0.1, -0.05) is 61.9 Å². The van der Waals surface area contributed by atoms with Crippen LogP contribution >= 0.6 is 0 Å². The molecule has 3 rings (SSSR count). The number of aromatic nitrogens is 1. The van der Waals surface area contributed by atoms with E-state index < -0.39 is 12.1 Å². The minimum Gasteiger partial charge on any atom is -0.464 e.